The van der Waals surface area contributed by atoms with Crippen LogP contribution in [0, 0.1) is 10.1 Å². The highest BCUT2D eigenvalue weighted by Crippen LogP contribution is 2.30. The third-order valence-electron chi connectivity index (χ3n) is 2.99. The van der Waals surface area contributed by atoms with E-state index in [4.69, 9.17) is 12.2 Å². The van der Waals surface area contributed by atoms with Crippen LogP contribution in [0.15, 0.2) is 48.5 Å². The third kappa shape index (κ3) is 4.98. The highest BCUT2D eigenvalue weighted by atomic mass is 32.1. The van der Waals surface area contributed by atoms with E-state index in [1.54, 1.807) is 0 Å². The molecule has 0 aliphatic carbocycles. The van der Waals surface area contributed by atoms with Gasteiger partial charge in [-0.1, -0.05) is 18.3 Å². The van der Waals surface area contributed by atoms with E-state index in [0.717, 1.165) is 12.1 Å². The van der Waals surface area contributed by atoms with Gasteiger partial charge in [-0.2, -0.15) is 13.2 Å². The van der Waals surface area contributed by atoms with Crippen molar-refractivity contribution in [3.8, 4) is 0 Å². The Balaban J connectivity index is 2.03. The number of carbonyl (C=O) groups is 1. The smallest absolute Gasteiger partial charge is 0.342 e. The number of nitrogens with one attached hydrogen (secondary N) is 2. The second-order valence-electron chi connectivity index (χ2n) is 4.79. The maximum atomic E-state index is 12.7. The molecule has 0 unspecified atom stereocenters. The minimum Gasteiger partial charge on any atom is -0.342 e. The van der Waals surface area contributed by atoms with Gasteiger partial charge in [-0.3, -0.25) is 14.9 Å². The molecule has 2 aromatic carbocycles. The van der Waals surface area contributed by atoms with Gasteiger partial charge in [0.15, 0.2) is 4.99 Å². The summed E-state index contributed by atoms with van der Waals surface area (Å²) in [5.41, 5.74) is -0.763. The topological polar surface area (TPSA) is 84.3 Å². The first-order valence-corrected chi connectivity index (χ1v) is 7.11. The number of rotatable bonds is 3. The number of halogens is 3. The molecular formula is C15H10F3N3O3S. The molecule has 0 spiro atoms. The van der Waals surface area contributed by atoms with Crippen molar-refractivity contribution >= 4 is 40.2 Å². The van der Waals surface area contributed by atoms with Gasteiger partial charge >= 0.3 is 6.18 Å². The van der Waals surface area contributed by atoms with Crippen LogP contribution >= 0.6 is 12.2 Å². The monoisotopic (exact) mass is 369 g/mol. The number of nitrogens with zero attached hydrogens (tertiary/aromatic N) is 1. The summed E-state index contributed by atoms with van der Waals surface area (Å²) in [4.78, 5) is 21.6. The van der Waals surface area contributed by atoms with Gasteiger partial charge in [-0.25, -0.2) is 0 Å². The summed E-state index contributed by atoms with van der Waals surface area (Å²) in [7, 11) is 0. The van der Waals surface area contributed by atoms with Gasteiger partial charge in [0.25, 0.3) is 11.6 Å². The average Bonchev–Trinajstić information content (AvgIpc) is 2.54. The molecule has 0 fully saturated rings. The molecule has 1 amide bonds. The number of amides is 1. The van der Waals surface area contributed by atoms with E-state index in [9.17, 15) is 28.1 Å². The largest absolute Gasteiger partial charge is 0.416 e. The summed E-state index contributed by atoms with van der Waals surface area (Å²) < 4.78 is 38.0. The normalized spacial score (nSPS) is 10.8. The first-order chi connectivity index (χ1) is 11.7. The van der Waals surface area contributed by atoms with Gasteiger partial charge in [0, 0.05) is 23.5 Å². The molecule has 0 aliphatic heterocycles. The summed E-state index contributed by atoms with van der Waals surface area (Å²) in [6.07, 6.45) is -4.51. The Bertz CT molecular complexity index is 823. The number of nitro benzene ring substituents is 1. The van der Waals surface area contributed by atoms with Crippen molar-refractivity contribution < 1.29 is 22.9 Å². The highest BCUT2D eigenvalue weighted by Gasteiger charge is 2.30. The number of carbonyl (C=O) groups excluding carboxylic acids is 1. The van der Waals surface area contributed by atoms with Crippen LogP contribution in [-0.4, -0.2) is 15.8 Å². The fourth-order valence-corrected chi connectivity index (χ4v) is 1.98. The molecule has 0 saturated heterocycles. The lowest BCUT2D eigenvalue weighted by Crippen LogP contribution is -2.27. The van der Waals surface area contributed by atoms with Gasteiger partial charge in [0.2, 0.25) is 0 Å². The van der Waals surface area contributed by atoms with Crippen molar-refractivity contribution in [3.05, 3.63) is 64.2 Å². The summed E-state index contributed by atoms with van der Waals surface area (Å²) in [6, 6.07) is 9.24. The van der Waals surface area contributed by atoms with Crippen molar-refractivity contribution in [3.63, 3.8) is 0 Å². The van der Waals surface area contributed by atoms with Crippen LogP contribution in [0.5, 0.6) is 0 Å². The number of anilines is 2. The van der Waals surface area contributed by atoms with E-state index in [1.165, 1.54) is 36.4 Å². The SMILES string of the molecule is O=C(Nc1ccc([N+](=O)[O-])cc1)C(=S)Nc1cccc(C(F)(F)F)c1. The lowest BCUT2D eigenvalue weighted by Gasteiger charge is -2.11. The first kappa shape index (κ1) is 18.3. The molecule has 0 bridgehead atoms. The van der Waals surface area contributed by atoms with E-state index >= 15 is 0 Å². The lowest BCUT2D eigenvalue weighted by molar-refractivity contribution is -0.384. The Labute approximate surface area is 144 Å². The third-order valence-corrected chi connectivity index (χ3v) is 3.28. The molecule has 130 valence electrons. The van der Waals surface area contributed by atoms with E-state index in [0.29, 0.717) is 0 Å². The van der Waals surface area contributed by atoms with Crippen LogP contribution in [-0.2, 0) is 11.0 Å². The Morgan fingerprint density at radius 1 is 1.04 bits per heavy atom. The summed E-state index contributed by atoms with van der Waals surface area (Å²) in [5.74, 6) is -0.763. The zero-order chi connectivity index (χ0) is 18.6. The van der Waals surface area contributed by atoms with Crippen LogP contribution in [0.2, 0.25) is 0 Å². The molecule has 0 radical (unpaired) electrons. The van der Waals surface area contributed by atoms with Crippen LogP contribution in [0.4, 0.5) is 30.2 Å². The van der Waals surface area contributed by atoms with Crippen LogP contribution < -0.4 is 10.6 Å². The van der Waals surface area contributed by atoms with Crippen LogP contribution in [0.25, 0.3) is 0 Å². The number of non-ortho nitro benzene ring substituents is 1. The summed E-state index contributed by atoms with van der Waals surface area (Å²) in [5, 5.41) is 15.4. The minimum absolute atomic E-state index is 0.0127. The number of thiocarbonyl (C=S) groups is 1. The second kappa shape index (κ2) is 7.26. The molecule has 10 heteroatoms. The molecule has 2 N–H and O–H groups in total. The van der Waals surface area contributed by atoms with Crippen molar-refractivity contribution in [1.82, 2.24) is 0 Å². The average molecular weight is 369 g/mol. The number of benzene rings is 2. The van der Waals surface area contributed by atoms with Gasteiger partial charge in [-0.05, 0) is 30.3 Å². The van der Waals surface area contributed by atoms with Gasteiger partial charge < -0.3 is 10.6 Å². The molecule has 2 rings (SSSR count). The van der Waals surface area contributed by atoms with Crippen molar-refractivity contribution in [1.29, 1.82) is 0 Å². The standard InChI is InChI=1S/C15H10F3N3O3S/c16-15(17,18)9-2-1-3-11(8-9)20-14(25)13(22)19-10-4-6-12(7-5-10)21(23)24/h1-8H,(H,19,22)(H,20,25). The minimum atomic E-state index is -4.51. The Hall–Kier alpha value is -3.01. The quantitative estimate of drug-likeness (QED) is 0.485. The Kier molecular flexibility index (Phi) is 5.32. The molecule has 25 heavy (non-hydrogen) atoms. The molecular weight excluding hydrogens is 359 g/mol. The summed E-state index contributed by atoms with van der Waals surface area (Å²) >= 11 is 4.85. The first-order valence-electron chi connectivity index (χ1n) is 6.71. The maximum absolute atomic E-state index is 12.7. The number of hydrogen-bond acceptors (Lipinski definition) is 4. The molecule has 0 saturated carbocycles. The van der Waals surface area contributed by atoms with Gasteiger partial charge in [0.05, 0.1) is 10.5 Å². The van der Waals surface area contributed by atoms with E-state index in [2.05, 4.69) is 10.6 Å². The number of alkyl halides is 3. The van der Waals surface area contributed by atoms with Crippen molar-refractivity contribution in [2.24, 2.45) is 0 Å². The predicted octanol–water partition coefficient (Wildman–Crippen LogP) is 3.99. The van der Waals surface area contributed by atoms with E-state index in [-0.39, 0.29) is 22.1 Å². The number of nitro groups is 1. The molecule has 0 aromatic heterocycles. The zero-order valence-electron chi connectivity index (χ0n) is 12.3. The van der Waals surface area contributed by atoms with Crippen molar-refractivity contribution in [2.75, 3.05) is 10.6 Å². The van der Waals surface area contributed by atoms with E-state index < -0.39 is 22.6 Å². The second-order valence-corrected chi connectivity index (χ2v) is 5.20. The zero-order valence-corrected chi connectivity index (χ0v) is 13.1. The maximum Gasteiger partial charge on any atom is 0.416 e. The van der Waals surface area contributed by atoms with Crippen molar-refractivity contribution in [2.45, 2.75) is 6.18 Å². The van der Waals surface area contributed by atoms with E-state index in [1.807, 2.05) is 0 Å². The summed E-state index contributed by atoms with van der Waals surface area (Å²) in [6.45, 7) is 0. The predicted molar refractivity (Wildman–Crippen MR) is 89.4 cm³/mol. The van der Waals surface area contributed by atoms with Crippen LogP contribution in [0.3, 0.4) is 0 Å². The molecule has 6 nitrogen and oxygen atoms in total. The number of hydrogen-bond donors (Lipinski definition) is 2. The fourth-order valence-electron chi connectivity index (χ4n) is 1.82. The highest BCUT2D eigenvalue weighted by molar-refractivity contribution is 7.82. The molecule has 2 aromatic rings. The molecule has 0 heterocycles. The molecule has 0 atom stereocenters. The van der Waals surface area contributed by atoms with Gasteiger partial charge in [0.1, 0.15) is 0 Å². The van der Waals surface area contributed by atoms with Crippen LogP contribution in [0.1, 0.15) is 5.56 Å². The Morgan fingerprint density at radius 2 is 1.68 bits per heavy atom. The molecule has 0 aliphatic rings. The lowest BCUT2D eigenvalue weighted by atomic mass is 10.2. The fraction of sp³-hybridized carbons (Fsp3) is 0.0667. The van der Waals surface area contributed by atoms with Gasteiger partial charge in [-0.15, -0.1) is 0 Å². The Morgan fingerprint density at radius 3 is 2.24 bits per heavy atom.